The lowest BCUT2D eigenvalue weighted by molar-refractivity contribution is -0.124. The summed E-state index contributed by atoms with van der Waals surface area (Å²) in [6, 6.07) is 0. The predicted octanol–water partition coefficient (Wildman–Crippen LogP) is 0.453. The summed E-state index contributed by atoms with van der Waals surface area (Å²) in [5.41, 5.74) is 0. The van der Waals surface area contributed by atoms with Gasteiger partial charge in [-0.05, 0) is 13.0 Å². The van der Waals surface area contributed by atoms with Gasteiger partial charge >= 0.3 is 0 Å². The van der Waals surface area contributed by atoms with Crippen LogP contribution in [0.5, 0.6) is 0 Å². The van der Waals surface area contributed by atoms with Gasteiger partial charge in [-0.2, -0.15) is 0 Å². The van der Waals surface area contributed by atoms with Gasteiger partial charge < -0.3 is 0 Å². The Labute approximate surface area is 81.6 Å². The van der Waals surface area contributed by atoms with Crippen LogP contribution in [-0.4, -0.2) is 34.0 Å². The highest BCUT2D eigenvalue weighted by Crippen LogP contribution is 2.01. The maximum Gasteiger partial charge on any atom is 0.196 e. The number of hydrogen-bond donors (Lipinski definition) is 1. The van der Waals surface area contributed by atoms with Gasteiger partial charge in [-0.25, -0.2) is 0 Å². The Morgan fingerprint density at radius 3 is 2.10 bits per heavy atom. The molecule has 0 aromatic heterocycles. The fourth-order valence-electron chi connectivity index (χ4n) is 0.298. The normalized spacial score (nSPS) is 11.0. The molecule has 0 aliphatic rings. The SMILES string of the molecule is C=CC(=O)C(C)C(=O)S.[Mg]. The minimum atomic E-state index is -0.647. The van der Waals surface area contributed by atoms with Crippen LogP contribution in [0.1, 0.15) is 6.92 Å². The number of allylic oxidation sites excluding steroid dienone is 1. The maximum atomic E-state index is 10.6. The summed E-state index contributed by atoms with van der Waals surface area (Å²) in [6.45, 7) is 4.73. The van der Waals surface area contributed by atoms with Crippen molar-refractivity contribution in [3.05, 3.63) is 12.7 Å². The molecule has 2 nitrogen and oxygen atoms in total. The Hall–Kier alpha value is 0.196. The second-order valence-electron chi connectivity index (χ2n) is 1.67. The Morgan fingerprint density at radius 2 is 2.00 bits per heavy atom. The van der Waals surface area contributed by atoms with Crippen LogP contribution in [0.15, 0.2) is 12.7 Å². The number of carbonyl (C=O) groups excluding carboxylic acids is 2. The summed E-state index contributed by atoms with van der Waals surface area (Å²) in [5, 5.41) is -0.417. The van der Waals surface area contributed by atoms with Crippen molar-refractivity contribution >= 4 is 46.6 Å². The lowest BCUT2D eigenvalue weighted by atomic mass is 10.1. The zero-order chi connectivity index (χ0) is 7.44. The first kappa shape index (κ1) is 12.8. The van der Waals surface area contributed by atoms with Crippen molar-refractivity contribution in [2.24, 2.45) is 5.92 Å². The molecule has 10 heavy (non-hydrogen) atoms. The molecule has 0 heterocycles. The number of hydrogen-bond acceptors (Lipinski definition) is 2. The minimum absolute atomic E-state index is 0. The van der Waals surface area contributed by atoms with E-state index in [-0.39, 0.29) is 28.8 Å². The third kappa shape index (κ3) is 4.08. The summed E-state index contributed by atoms with van der Waals surface area (Å²) in [7, 11) is 0. The molecule has 52 valence electrons. The van der Waals surface area contributed by atoms with E-state index in [0.717, 1.165) is 6.08 Å². The molecular weight excluding hydrogens is 160 g/mol. The van der Waals surface area contributed by atoms with E-state index < -0.39 is 11.0 Å². The molecule has 0 spiro atoms. The summed E-state index contributed by atoms with van der Waals surface area (Å²) >= 11 is 3.48. The molecule has 0 amide bonds. The van der Waals surface area contributed by atoms with Crippen LogP contribution in [-0.2, 0) is 9.59 Å². The van der Waals surface area contributed by atoms with Crippen molar-refractivity contribution in [1.82, 2.24) is 0 Å². The van der Waals surface area contributed by atoms with E-state index in [2.05, 4.69) is 19.2 Å². The van der Waals surface area contributed by atoms with Crippen LogP contribution in [0.4, 0.5) is 0 Å². The van der Waals surface area contributed by atoms with Crippen molar-refractivity contribution < 1.29 is 9.59 Å². The third-order valence-corrected chi connectivity index (χ3v) is 1.39. The molecule has 4 heteroatoms. The highest BCUT2D eigenvalue weighted by Gasteiger charge is 2.14. The van der Waals surface area contributed by atoms with E-state index in [1.54, 1.807) is 0 Å². The Kier molecular flexibility index (Phi) is 7.63. The van der Waals surface area contributed by atoms with Gasteiger partial charge in [0.15, 0.2) is 10.9 Å². The maximum absolute atomic E-state index is 10.6. The summed E-state index contributed by atoms with van der Waals surface area (Å²) in [4.78, 5) is 20.9. The summed E-state index contributed by atoms with van der Waals surface area (Å²) in [6.07, 6.45) is 1.12. The molecule has 1 atom stereocenters. The van der Waals surface area contributed by atoms with Crippen LogP contribution in [0.25, 0.3) is 0 Å². The highest BCUT2D eigenvalue weighted by atomic mass is 32.1. The number of ketones is 1. The summed E-state index contributed by atoms with van der Waals surface area (Å²) in [5.74, 6) is -0.930. The Bertz CT molecular complexity index is 156. The van der Waals surface area contributed by atoms with Gasteiger partial charge in [0.1, 0.15) is 0 Å². The van der Waals surface area contributed by atoms with Gasteiger partial charge in [-0.3, -0.25) is 9.59 Å². The molecular formula is C6H8MgO2S. The van der Waals surface area contributed by atoms with E-state index in [1.807, 2.05) is 0 Å². The van der Waals surface area contributed by atoms with Crippen molar-refractivity contribution in [1.29, 1.82) is 0 Å². The zero-order valence-electron chi connectivity index (χ0n) is 5.83. The minimum Gasteiger partial charge on any atom is -0.294 e. The molecule has 0 saturated heterocycles. The molecule has 0 aromatic rings. The first-order chi connectivity index (χ1) is 4.09. The topological polar surface area (TPSA) is 34.1 Å². The smallest absolute Gasteiger partial charge is 0.196 e. The van der Waals surface area contributed by atoms with E-state index >= 15 is 0 Å². The second-order valence-corrected chi connectivity index (χ2v) is 2.11. The van der Waals surface area contributed by atoms with Crippen LogP contribution >= 0.6 is 12.6 Å². The quantitative estimate of drug-likeness (QED) is 0.287. The molecule has 0 saturated carbocycles. The fraction of sp³-hybridized carbons (Fsp3) is 0.333. The molecule has 2 radical (unpaired) electrons. The number of rotatable bonds is 3. The molecule has 0 N–H and O–H groups in total. The fourth-order valence-corrected chi connectivity index (χ4v) is 0.426. The van der Waals surface area contributed by atoms with Crippen LogP contribution in [0.3, 0.4) is 0 Å². The average Bonchev–Trinajstić information content (AvgIpc) is 1.84. The van der Waals surface area contributed by atoms with Gasteiger partial charge in [-0.1, -0.05) is 6.58 Å². The average molecular weight is 168 g/mol. The van der Waals surface area contributed by atoms with Crippen LogP contribution in [0, 0.1) is 5.92 Å². The Balaban J connectivity index is 0. The molecule has 0 aromatic carbocycles. The van der Waals surface area contributed by atoms with Crippen LogP contribution in [0.2, 0.25) is 0 Å². The molecule has 1 unspecified atom stereocenters. The lowest BCUT2D eigenvalue weighted by Crippen LogP contribution is -2.13. The highest BCUT2D eigenvalue weighted by molar-refractivity contribution is 7.96. The molecule has 0 aliphatic carbocycles. The Morgan fingerprint density at radius 1 is 1.60 bits per heavy atom. The van der Waals surface area contributed by atoms with Crippen molar-refractivity contribution in [2.45, 2.75) is 6.92 Å². The zero-order valence-corrected chi connectivity index (χ0v) is 8.14. The van der Waals surface area contributed by atoms with Gasteiger partial charge in [0.05, 0.1) is 5.92 Å². The predicted molar refractivity (Wildman–Crippen MR) is 44.1 cm³/mol. The van der Waals surface area contributed by atoms with E-state index in [0.29, 0.717) is 0 Å². The number of thiol groups is 1. The van der Waals surface area contributed by atoms with E-state index in [9.17, 15) is 9.59 Å². The second kappa shape index (κ2) is 5.94. The molecule has 0 aliphatic heterocycles. The monoisotopic (exact) mass is 168 g/mol. The standard InChI is InChI=1S/C6H8O2S.Mg/c1-3-5(7)4(2)6(8)9;/h3-4H,1H2,2H3,(H,8,9);. The van der Waals surface area contributed by atoms with Crippen LogP contribution < -0.4 is 0 Å². The first-order valence-corrected chi connectivity index (χ1v) is 2.93. The lowest BCUT2D eigenvalue weighted by Gasteiger charge is -1.97. The first-order valence-electron chi connectivity index (χ1n) is 2.48. The van der Waals surface area contributed by atoms with Crippen molar-refractivity contribution in [2.75, 3.05) is 0 Å². The molecule has 0 fully saturated rings. The van der Waals surface area contributed by atoms with Gasteiger partial charge in [0.25, 0.3) is 0 Å². The van der Waals surface area contributed by atoms with Gasteiger partial charge in [0.2, 0.25) is 0 Å². The van der Waals surface area contributed by atoms with Crippen molar-refractivity contribution in [3.63, 3.8) is 0 Å². The summed E-state index contributed by atoms with van der Waals surface area (Å²) < 4.78 is 0. The van der Waals surface area contributed by atoms with Gasteiger partial charge in [0, 0.05) is 23.1 Å². The van der Waals surface area contributed by atoms with Gasteiger partial charge in [-0.15, -0.1) is 12.6 Å². The van der Waals surface area contributed by atoms with E-state index in [4.69, 9.17) is 0 Å². The molecule has 0 bridgehead atoms. The molecule has 0 rings (SSSR count). The van der Waals surface area contributed by atoms with Crippen molar-refractivity contribution in [3.8, 4) is 0 Å². The van der Waals surface area contributed by atoms with E-state index in [1.165, 1.54) is 6.92 Å². The third-order valence-electron chi connectivity index (χ3n) is 0.998. The largest absolute Gasteiger partial charge is 0.294 e. The number of carbonyl (C=O) groups is 2.